The first kappa shape index (κ1) is 10.5. The largest absolute Gasteiger partial charge is 0.507 e. The zero-order valence-electron chi connectivity index (χ0n) is 6.76. The Labute approximate surface area is 77.9 Å². The van der Waals surface area contributed by atoms with E-state index in [0.29, 0.717) is 5.75 Å². The Bertz CT molecular complexity index is 233. The molecule has 0 heterocycles. The maximum atomic E-state index is 9.40. The van der Waals surface area contributed by atoms with Crippen LogP contribution in [0, 0.1) is 6.92 Å². The number of benzene rings is 1. The molecule has 1 aromatic rings. The molecule has 1 nitrogen and oxygen atoms in total. The molecule has 11 heavy (non-hydrogen) atoms. The van der Waals surface area contributed by atoms with Crippen molar-refractivity contribution in [3.63, 3.8) is 0 Å². The van der Waals surface area contributed by atoms with Crippen molar-refractivity contribution in [1.82, 2.24) is 0 Å². The van der Waals surface area contributed by atoms with Crippen molar-refractivity contribution >= 4 is 0 Å². The molecule has 0 fully saturated rings. The van der Waals surface area contributed by atoms with Gasteiger partial charge in [-0.25, -0.2) is 0 Å². The minimum Gasteiger partial charge on any atom is -0.507 e. The van der Waals surface area contributed by atoms with Crippen LogP contribution < -0.4 is 0 Å². The van der Waals surface area contributed by atoms with Gasteiger partial charge in [0, 0.05) is 17.1 Å². The van der Waals surface area contributed by atoms with E-state index in [9.17, 15) is 5.11 Å². The molecular weight excluding hydrogens is 179 g/mol. The van der Waals surface area contributed by atoms with Gasteiger partial charge in [-0.3, -0.25) is 0 Å². The van der Waals surface area contributed by atoms with Gasteiger partial charge in [0.05, 0.1) is 0 Å². The maximum Gasteiger partial charge on any atom is 0.121 e. The van der Waals surface area contributed by atoms with Gasteiger partial charge in [-0.2, -0.15) is 0 Å². The minimum atomic E-state index is 0. The van der Waals surface area contributed by atoms with E-state index in [1.165, 1.54) is 0 Å². The molecular formula is C9H12MnO. The van der Waals surface area contributed by atoms with E-state index in [1.54, 1.807) is 0 Å². The van der Waals surface area contributed by atoms with Crippen LogP contribution in [0.25, 0.3) is 0 Å². The predicted octanol–water partition coefficient (Wildman–Crippen LogP) is 2.26. The van der Waals surface area contributed by atoms with Crippen LogP contribution in [0.1, 0.15) is 18.1 Å². The third-order valence-electron chi connectivity index (χ3n) is 1.70. The minimum absolute atomic E-state index is 0. The Hall–Kier alpha value is -0.461. The first-order chi connectivity index (χ1) is 4.75. The molecule has 0 aromatic heterocycles. The quantitative estimate of drug-likeness (QED) is 0.675. The van der Waals surface area contributed by atoms with Gasteiger partial charge in [-0.15, -0.1) is 0 Å². The van der Waals surface area contributed by atoms with Crippen molar-refractivity contribution in [2.24, 2.45) is 0 Å². The van der Waals surface area contributed by atoms with Crippen LogP contribution in [-0.4, -0.2) is 5.11 Å². The fraction of sp³-hybridized carbons (Fsp3) is 0.333. The number of hydrogen-bond donors (Lipinski definition) is 1. The van der Waals surface area contributed by atoms with Crippen molar-refractivity contribution < 1.29 is 22.2 Å². The predicted molar refractivity (Wildman–Crippen MR) is 42.2 cm³/mol. The van der Waals surface area contributed by atoms with Gasteiger partial charge in [0.1, 0.15) is 5.75 Å². The molecule has 1 N–H and O–H groups in total. The SMILES string of the molecule is CCc1cccc(C)c1O.[Mn]. The van der Waals surface area contributed by atoms with Gasteiger partial charge < -0.3 is 5.11 Å². The first-order valence-electron chi connectivity index (χ1n) is 3.53. The fourth-order valence-electron chi connectivity index (χ4n) is 1.01. The molecule has 61 valence electrons. The summed E-state index contributed by atoms with van der Waals surface area (Å²) in [7, 11) is 0. The molecule has 0 saturated heterocycles. The first-order valence-corrected chi connectivity index (χ1v) is 3.53. The molecule has 1 radical (unpaired) electrons. The molecule has 2 heteroatoms. The van der Waals surface area contributed by atoms with Gasteiger partial charge >= 0.3 is 0 Å². The van der Waals surface area contributed by atoms with E-state index in [0.717, 1.165) is 17.5 Å². The fourth-order valence-corrected chi connectivity index (χ4v) is 1.01. The van der Waals surface area contributed by atoms with E-state index in [4.69, 9.17) is 0 Å². The molecule has 0 spiro atoms. The second-order valence-corrected chi connectivity index (χ2v) is 2.44. The molecule has 0 amide bonds. The van der Waals surface area contributed by atoms with E-state index in [2.05, 4.69) is 0 Å². The second kappa shape index (κ2) is 4.42. The van der Waals surface area contributed by atoms with Crippen LogP contribution in [-0.2, 0) is 23.5 Å². The summed E-state index contributed by atoms with van der Waals surface area (Å²) in [5.74, 6) is 0.449. The Morgan fingerprint density at radius 2 is 2.00 bits per heavy atom. The molecule has 0 aliphatic rings. The monoisotopic (exact) mass is 191 g/mol. The number of phenolic OH excluding ortho intramolecular Hbond substituents is 1. The van der Waals surface area contributed by atoms with Crippen LogP contribution in [0.5, 0.6) is 5.75 Å². The van der Waals surface area contributed by atoms with Crippen molar-refractivity contribution in [1.29, 1.82) is 0 Å². The third-order valence-corrected chi connectivity index (χ3v) is 1.70. The molecule has 0 aliphatic carbocycles. The summed E-state index contributed by atoms with van der Waals surface area (Å²) in [5, 5.41) is 9.40. The normalized spacial score (nSPS) is 8.91. The summed E-state index contributed by atoms with van der Waals surface area (Å²) in [6, 6.07) is 5.82. The summed E-state index contributed by atoms with van der Waals surface area (Å²) in [6.07, 6.45) is 0.896. The number of aryl methyl sites for hydroxylation is 2. The van der Waals surface area contributed by atoms with Crippen molar-refractivity contribution in [2.45, 2.75) is 20.3 Å². The third kappa shape index (κ3) is 2.25. The topological polar surface area (TPSA) is 20.2 Å². The van der Waals surface area contributed by atoms with E-state index in [1.807, 2.05) is 32.0 Å². The summed E-state index contributed by atoms with van der Waals surface area (Å²) in [5.41, 5.74) is 1.99. The zero-order valence-corrected chi connectivity index (χ0v) is 7.94. The summed E-state index contributed by atoms with van der Waals surface area (Å²) in [4.78, 5) is 0. The number of para-hydroxylation sites is 1. The molecule has 0 unspecified atom stereocenters. The van der Waals surface area contributed by atoms with E-state index < -0.39 is 0 Å². The summed E-state index contributed by atoms with van der Waals surface area (Å²) < 4.78 is 0. The zero-order chi connectivity index (χ0) is 7.56. The van der Waals surface area contributed by atoms with Gasteiger partial charge in [-0.05, 0) is 24.5 Å². The second-order valence-electron chi connectivity index (χ2n) is 2.44. The van der Waals surface area contributed by atoms with Crippen molar-refractivity contribution in [2.75, 3.05) is 0 Å². The summed E-state index contributed by atoms with van der Waals surface area (Å²) in [6.45, 7) is 3.95. The maximum absolute atomic E-state index is 9.40. The number of aromatic hydroxyl groups is 1. The van der Waals surface area contributed by atoms with E-state index in [-0.39, 0.29) is 17.1 Å². The van der Waals surface area contributed by atoms with Gasteiger partial charge in [0.25, 0.3) is 0 Å². The van der Waals surface area contributed by atoms with Crippen LogP contribution in [0.4, 0.5) is 0 Å². The standard InChI is InChI=1S/C9H12O.Mn/c1-3-8-6-4-5-7(2)9(8)10;/h4-6,10H,3H2,1-2H3;. The van der Waals surface area contributed by atoms with Gasteiger partial charge in [0.2, 0.25) is 0 Å². The molecule has 0 aliphatic heterocycles. The Morgan fingerprint density at radius 3 is 2.45 bits per heavy atom. The molecule has 0 atom stereocenters. The molecule has 0 saturated carbocycles. The molecule has 1 rings (SSSR count). The number of hydrogen-bond acceptors (Lipinski definition) is 1. The van der Waals surface area contributed by atoms with Crippen molar-refractivity contribution in [3.8, 4) is 5.75 Å². The molecule has 1 aromatic carbocycles. The van der Waals surface area contributed by atoms with Crippen LogP contribution in [0.15, 0.2) is 18.2 Å². The smallest absolute Gasteiger partial charge is 0.121 e. The van der Waals surface area contributed by atoms with Gasteiger partial charge in [-0.1, -0.05) is 25.1 Å². The Morgan fingerprint density at radius 1 is 1.36 bits per heavy atom. The van der Waals surface area contributed by atoms with Gasteiger partial charge in [0.15, 0.2) is 0 Å². The number of phenols is 1. The van der Waals surface area contributed by atoms with Crippen LogP contribution >= 0.6 is 0 Å². The summed E-state index contributed by atoms with van der Waals surface area (Å²) >= 11 is 0. The van der Waals surface area contributed by atoms with Crippen LogP contribution in [0.3, 0.4) is 0 Å². The Balaban J connectivity index is 0.000001000. The Kier molecular flexibility index (Phi) is 4.24. The van der Waals surface area contributed by atoms with Crippen molar-refractivity contribution in [3.05, 3.63) is 29.3 Å². The molecule has 0 bridgehead atoms. The number of rotatable bonds is 1. The van der Waals surface area contributed by atoms with Crippen LogP contribution in [0.2, 0.25) is 0 Å². The average Bonchev–Trinajstić information content (AvgIpc) is 1.95. The average molecular weight is 191 g/mol. The van der Waals surface area contributed by atoms with E-state index >= 15 is 0 Å².